The highest BCUT2D eigenvalue weighted by molar-refractivity contribution is 6.30. The molecule has 1 aliphatic heterocycles. The predicted octanol–water partition coefficient (Wildman–Crippen LogP) is 1.96. The third-order valence-electron chi connectivity index (χ3n) is 3.22. The molecule has 0 bridgehead atoms. The van der Waals surface area contributed by atoms with E-state index in [4.69, 9.17) is 22.1 Å². The SMILES string of the molecule is NC1(C(=O)Cc2ccc(Cl)cc2)CCOCC1. The molecule has 0 unspecified atom stereocenters. The van der Waals surface area contributed by atoms with Crippen molar-refractivity contribution in [1.29, 1.82) is 0 Å². The Morgan fingerprint density at radius 1 is 1.29 bits per heavy atom. The van der Waals surface area contributed by atoms with Crippen LogP contribution in [0.25, 0.3) is 0 Å². The van der Waals surface area contributed by atoms with Crippen molar-refractivity contribution in [2.45, 2.75) is 24.8 Å². The van der Waals surface area contributed by atoms with Gasteiger partial charge in [0, 0.05) is 24.7 Å². The van der Waals surface area contributed by atoms with E-state index in [0.717, 1.165) is 5.56 Å². The second-order valence-corrected chi connectivity index (χ2v) is 4.93. The summed E-state index contributed by atoms with van der Waals surface area (Å²) < 4.78 is 5.23. The first-order valence-electron chi connectivity index (χ1n) is 5.74. The van der Waals surface area contributed by atoms with Crippen molar-refractivity contribution < 1.29 is 9.53 Å². The van der Waals surface area contributed by atoms with E-state index in [2.05, 4.69) is 0 Å². The average molecular weight is 254 g/mol. The largest absolute Gasteiger partial charge is 0.381 e. The van der Waals surface area contributed by atoms with Crippen molar-refractivity contribution >= 4 is 17.4 Å². The van der Waals surface area contributed by atoms with Crippen molar-refractivity contribution in [3.05, 3.63) is 34.9 Å². The molecule has 1 heterocycles. The molecule has 2 N–H and O–H groups in total. The summed E-state index contributed by atoms with van der Waals surface area (Å²) in [7, 11) is 0. The number of ether oxygens (including phenoxy) is 1. The summed E-state index contributed by atoms with van der Waals surface area (Å²) in [5.74, 6) is 0.0862. The maximum Gasteiger partial charge on any atom is 0.157 e. The minimum atomic E-state index is -0.710. The fourth-order valence-electron chi connectivity index (χ4n) is 1.98. The number of Topliss-reactive ketones (excluding diaryl/α,β-unsaturated/α-hetero) is 1. The smallest absolute Gasteiger partial charge is 0.157 e. The lowest BCUT2D eigenvalue weighted by molar-refractivity contribution is -0.126. The fraction of sp³-hybridized carbons (Fsp3) is 0.462. The molecule has 0 aromatic heterocycles. The Bertz CT molecular complexity index is 396. The molecule has 0 atom stereocenters. The summed E-state index contributed by atoms with van der Waals surface area (Å²) in [4.78, 5) is 12.2. The number of hydrogen-bond donors (Lipinski definition) is 1. The number of halogens is 1. The average Bonchev–Trinajstić information content (AvgIpc) is 2.33. The number of benzene rings is 1. The molecule has 2 rings (SSSR count). The van der Waals surface area contributed by atoms with Crippen molar-refractivity contribution in [1.82, 2.24) is 0 Å². The van der Waals surface area contributed by atoms with Crippen LogP contribution in [-0.2, 0) is 16.0 Å². The molecule has 0 aliphatic carbocycles. The zero-order valence-electron chi connectivity index (χ0n) is 9.62. The molecule has 0 amide bonds. The summed E-state index contributed by atoms with van der Waals surface area (Å²) in [6.07, 6.45) is 1.59. The van der Waals surface area contributed by atoms with Crippen LogP contribution in [0.1, 0.15) is 18.4 Å². The summed E-state index contributed by atoms with van der Waals surface area (Å²) >= 11 is 5.80. The van der Waals surface area contributed by atoms with Gasteiger partial charge in [-0.25, -0.2) is 0 Å². The predicted molar refractivity (Wildman–Crippen MR) is 67.1 cm³/mol. The topological polar surface area (TPSA) is 52.3 Å². The lowest BCUT2D eigenvalue weighted by Crippen LogP contribution is -2.52. The van der Waals surface area contributed by atoms with E-state index in [1.807, 2.05) is 12.1 Å². The molecular formula is C13H16ClNO2. The maximum absolute atomic E-state index is 12.2. The number of ketones is 1. The van der Waals surface area contributed by atoms with Crippen molar-refractivity contribution in [2.75, 3.05) is 13.2 Å². The van der Waals surface area contributed by atoms with Crippen LogP contribution >= 0.6 is 11.6 Å². The van der Waals surface area contributed by atoms with Crippen LogP contribution < -0.4 is 5.73 Å². The molecule has 1 aromatic carbocycles. The first-order chi connectivity index (χ1) is 8.10. The third-order valence-corrected chi connectivity index (χ3v) is 3.47. The third kappa shape index (κ3) is 3.06. The molecule has 3 nitrogen and oxygen atoms in total. The molecule has 1 fully saturated rings. The Balaban J connectivity index is 2.03. The Morgan fingerprint density at radius 2 is 1.88 bits per heavy atom. The number of carbonyl (C=O) groups is 1. The van der Waals surface area contributed by atoms with Gasteiger partial charge in [0.15, 0.2) is 5.78 Å². The Hall–Kier alpha value is -0.900. The van der Waals surface area contributed by atoms with Crippen LogP contribution in [0, 0.1) is 0 Å². The van der Waals surface area contributed by atoms with E-state index in [1.165, 1.54) is 0 Å². The lowest BCUT2D eigenvalue weighted by atomic mass is 9.84. The van der Waals surface area contributed by atoms with Crippen LogP contribution in [0.2, 0.25) is 5.02 Å². The minimum Gasteiger partial charge on any atom is -0.381 e. The molecule has 0 radical (unpaired) electrons. The summed E-state index contributed by atoms with van der Waals surface area (Å²) in [6, 6.07) is 7.31. The number of rotatable bonds is 3. The van der Waals surface area contributed by atoms with Crippen molar-refractivity contribution in [3.8, 4) is 0 Å². The molecule has 0 saturated carbocycles. The zero-order chi connectivity index (χ0) is 12.3. The van der Waals surface area contributed by atoms with Crippen LogP contribution in [0.4, 0.5) is 0 Å². The van der Waals surface area contributed by atoms with Gasteiger partial charge in [-0.2, -0.15) is 0 Å². The van der Waals surface area contributed by atoms with Crippen LogP contribution in [-0.4, -0.2) is 24.5 Å². The van der Waals surface area contributed by atoms with E-state index < -0.39 is 5.54 Å². The zero-order valence-corrected chi connectivity index (χ0v) is 10.4. The van der Waals surface area contributed by atoms with Gasteiger partial charge in [-0.1, -0.05) is 23.7 Å². The Morgan fingerprint density at radius 3 is 2.47 bits per heavy atom. The van der Waals surface area contributed by atoms with Crippen molar-refractivity contribution in [3.63, 3.8) is 0 Å². The second-order valence-electron chi connectivity index (χ2n) is 4.49. The maximum atomic E-state index is 12.2. The molecule has 1 aromatic rings. The van der Waals surface area contributed by atoms with Gasteiger partial charge in [-0.3, -0.25) is 4.79 Å². The van der Waals surface area contributed by atoms with E-state index in [0.29, 0.717) is 37.5 Å². The molecule has 4 heteroatoms. The summed E-state index contributed by atoms with van der Waals surface area (Å²) in [5.41, 5.74) is 6.37. The first kappa shape index (κ1) is 12.6. The highest BCUT2D eigenvalue weighted by Gasteiger charge is 2.35. The fourth-order valence-corrected chi connectivity index (χ4v) is 2.10. The summed E-state index contributed by atoms with van der Waals surface area (Å²) in [6.45, 7) is 1.14. The number of nitrogens with two attached hydrogens (primary N) is 1. The van der Waals surface area contributed by atoms with Gasteiger partial charge in [0.2, 0.25) is 0 Å². The van der Waals surface area contributed by atoms with Gasteiger partial charge in [-0.05, 0) is 30.5 Å². The van der Waals surface area contributed by atoms with Crippen LogP contribution in [0.5, 0.6) is 0 Å². The van der Waals surface area contributed by atoms with E-state index in [-0.39, 0.29) is 5.78 Å². The highest BCUT2D eigenvalue weighted by atomic mass is 35.5. The van der Waals surface area contributed by atoms with Gasteiger partial charge in [0.25, 0.3) is 0 Å². The van der Waals surface area contributed by atoms with Gasteiger partial charge in [0.1, 0.15) is 0 Å². The van der Waals surface area contributed by atoms with E-state index >= 15 is 0 Å². The highest BCUT2D eigenvalue weighted by Crippen LogP contribution is 2.21. The van der Waals surface area contributed by atoms with Gasteiger partial charge >= 0.3 is 0 Å². The quantitative estimate of drug-likeness (QED) is 0.896. The van der Waals surface area contributed by atoms with E-state index in [1.54, 1.807) is 12.1 Å². The standard InChI is InChI=1S/C13H16ClNO2/c14-11-3-1-10(2-4-11)9-12(16)13(15)5-7-17-8-6-13/h1-4H,5-9,15H2. The molecule has 0 spiro atoms. The number of hydrogen-bond acceptors (Lipinski definition) is 3. The second kappa shape index (κ2) is 5.17. The minimum absolute atomic E-state index is 0.0862. The number of carbonyl (C=O) groups excluding carboxylic acids is 1. The van der Waals surface area contributed by atoms with Gasteiger partial charge in [-0.15, -0.1) is 0 Å². The Labute approximate surface area is 106 Å². The van der Waals surface area contributed by atoms with Gasteiger partial charge < -0.3 is 10.5 Å². The first-order valence-corrected chi connectivity index (χ1v) is 6.12. The molecule has 1 aliphatic rings. The van der Waals surface area contributed by atoms with Crippen LogP contribution in [0.3, 0.4) is 0 Å². The lowest BCUT2D eigenvalue weighted by Gasteiger charge is -2.31. The Kier molecular flexibility index (Phi) is 3.82. The van der Waals surface area contributed by atoms with E-state index in [9.17, 15) is 4.79 Å². The summed E-state index contributed by atoms with van der Waals surface area (Å²) in [5, 5.41) is 0.676. The molecular weight excluding hydrogens is 238 g/mol. The molecule has 92 valence electrons. The van der Waals surface area contributed by atoms with Crippen LogP contribution in [0.15, 0.2) is 24.3 Å². The molecule has 1 saturated heterocycles. The van der Waals surface area contributed by atoms with Gasteiger partial charge in [0.05, 0.1) is 5.54 Å². The van der Waals surface area contributed by atoms with Crippen molar-refractivity contribution in [2.24, 2.45) is 5.73 Å². The molecule has 17 heavy (non-hydrogen) atoms. The normalized spacial score (nSPS) is 18.9. The monoisotopic (exact) mass is 253 g/mol.